The molecular weight excluding hydrogens is 192 g/mol. The monoisotopic (exact) mass is 230 g/mol. The van der Waals surface area contributed by atoms with Gasteiger partial charge in [0.05, 0.1) is 0 Å². The predicted octanol–water partition coefficient (Wildman–Crippen LogP) is 6.69. The van der Waals surface area contributed by atoms with E-state index in [-0.39, 0.29) is 7.43 Å². The Bertz CT molecular complexity index is 88.2. The first-order valence-corrected chi connectivity index (χ1v) is 7.29. The molecule has 1 saturated carbocycles. The van der Waals surface area contributed by atoms with Crippen LogP contribution in [0.3, 0.4) is 0 Å². The molecule has 0 heteroatoms. The minimum Gasteiger partial charge on any atom is -0.0776 e. The van der Waals surface area contributed by atoms with Crippen molar-refractivity contribution in [2.45, 2.75) is 93.9 Å². The third kappa shape index (κ3) is 14.0. The van der Waals surface area contributed by atoms with E-state index in [1.807, 2.05) is 27.7 Å². The van der Waals surface area contributed by atoms with Crippen LogP contribution in [0.1, 0.15) is 93.9 Å². The maximum absolute atomic E-state index is 2.33. The fourth-order valence-corrected chi connectivity index (χ4v) is 2.11. The molecule has 0 saturated heterocycles. The molecule has 0 aliphatic heterocycles. The minimum atomic E-state index is 0. The van der Waals surface area contributed by atoms with E-state index in [0.29, 0.717) is 0 Å². The van der Waals surface area contributed by atoms with Gasteiger partial charge in [0.1, 0.15) is 0 Å². The Kier molecular flexibility index (Phi) is 23.2. The number of rotatable bonds is 4. The minimum absolute atomic E-state index is 0. The van der Waals surface area contributed by atoms with E-state index >= 15 is 0 Å². The Balaban J connectivity index is -0.000000305. The summed E-state index contributed by atoms with van der Waals surface area (Å²) >= 11 is 0. The van der Waals surface area contributed by atoms with Crippen molar-refractivity contribution in [3.05, 3.63) is 0 Å². The molecule has 0 aromatic carbocycles. The molecule has 0 aromatic heterocycles. The molecule has 1 aliphatic rings. The van der Waals surface area contributed by atoms with Gasteiger partial charge in [0, 0.05) is 0 Å². The summed E-state index contributed by atoms with van der Waals surface area (Å²) in [5.41, 5.74) is 0. The van der Waals surface area contributed by atoms with Gasteiger partial charge in [0.25, 0.3) is 0 Å². The van der Waals surface area contributed by atoms with Crippen molar-refractivity contribution in [1.29, 1.82) is 0 Å². The largest absolute Gasteiger partial charge is 0.0776 e. The van der Waals surface area contributed by atoms with Crippen molar-refractivity contribution in [3.63, 3.8) is 0 Å². The lowest BCUT2D eigenvalue weighted by Gasteiger charge is -2.09. The molecule has 0 bridgehead atoms. The maximum atomic E-state index is 2.33. The van der Waals surface area contributed by atoms with Crippen LogP contribution < -0.4 is 0 Å². The van der Waals surface area contributed by atoms with Crippen molar-refractivity contribution in [1.82, 2.24) is 0 Å². The lowest BCUT2D eigenvalue weighted by Crippen LogP contribution is -1.94. The average molecular weight is 230 g/mol. The van der Waals surface area contributed by atoms with Gasteiger partial charge in [-0.25, -0.2) is 0 Å². The van der Waals surface area contributed by atoms with Crippen LogP contribution in [0.25, 0.3) is 0 Å². The smallest absolute Gasteiger partial charge is 0.0414 e. The predicted molar refractivity (Wildman–Crippen MR) is 80.1 cm³/mol. The molecule has 0 radical (unpaired) electrons. The van der Waals surface area contributed by atoms with Crippen LogP contribution in [-0.4, -0.2) is 0 Å². The summed E-state index contributed by atoms with van der Waals surface area (Å²) in [6.07, 6.45) is 10.5. The quantitative estimate of drug-likeness (QED) is 0.504. The van der Waals surface area contributed by atoms with Gasteiger partial charge >= 0.3 is 0 Å². The lowest BCUT2D eigenvalue weighted by atomic mass is 9.97. The highest BCUT2D eigenvalue weighted by atomic mass is 14.2. The Morgan fingerprint density at radius 2 is 1.38 bits per heavy atom. The molecule has 0 N–H and O–H groups in total. The molecule has 0 heterocycles. The van der Waals surface area contributed by atoms with E-state index in [4.69, 9.17) is 0 Å². The number of hydrogen-bond acceptors (Lipinski definition) is 0. The molecule has 0 nitrogen and oxygen atoms in total. The van der Waals surface area contributed by atoms with Gasteiger partial charge in [0.15, 0.2) is 0 Å². The van der Waals surface area contributed by atoms with Crippen LogP contribution in [0.5, 0.6) is 0 Å². The molecule has 0 unspecified atom stereocenters. The zero-order valence-corrected chi connectivity index (χ0v) is 12.1. The summed E-state index contributed by atoms with van der Waals surface area (Å²) in [5.74, 6) is 2.02. The fraction of sp³-hybridized carbons (Fsp3) is 1.00. The van der Waals surface area contributed by atoms with Crippen LogP contribution >= 0.6 is 0 Å². The van der Waals surface area contributed by atoms with Gasteiger partial charge in [-0.1, -0.05) is 93.9 Å². The van der Waals surface area contributed by atoms with Crippen LogP contribution in [0, 0.1) is 11.8 Å². The van der Waals surface area contributed by atoms with E-state index in [9.17, 15) is 0 Å². The Morgan fingerprint density at radius 3 is 1.75 bits per heavy atom. The van der Waals surface area contributed by atoms with E-state index in [1.165, 1.54) is 44.9 Å². The first-order valence-electron chi connectivity index (χ1n) is 7.29. The standard InChI is InChI=1S/C11H22.2C2H6.CH4/c1-10(2)6-5-9-11-7-3-4-8-11;2*1-2;/h10-11H,3-9H2,1-2H3;2*1-2H3;1H4. The van der Waals surface area contributed by atoms with Gasteiger partial charge in [-0.15, -0.1) is 0 Å². The van der Waals surface area contributed by atoms with Crippen molar-refractivity contribution in [3.8, 4) is 0 Å². The van der Waals surface area contributed by atoms with Crippen molar-refractivity contribution in [2.24, 2.45) is 11.8 Å². The summed E-state index contributed by atoms with van der Waals surface area (Å²) in [5, 5.41) is 0. The lowest BCUT2D eigenvalue weighted by molar-refractivity contribution is 0.441. The van der Waals surface area contributed by atoms with E-state index in [1.54, 1.807) is 0 Å². The molecular formula is C16H38. The topological polar surface area (TPSA) is 0 Å². The van der Waals surface area contributed by atoms with Crippen LogP contribution in [0.4, 0.5) is 0 Å². The van der Waals surface area contributed by atoms with Crippen molar-refractivity contribution in [2.75, 3.05) is 0 Å². The summed E-state index contributed by atoms with van der Waals surface area (Å²) in [6, 6.07) is 0. The van der Waals surface area contributed by atoms with E-state index in [2.05, 4.69) is 13.8 Å². The summed E-state index contributed by atoms with van der Waals surface area (Å²) in [7, 11) is 0. The Morgan fingerprint density at radius 1 is 0.938 bits per heavy atom. The average Bonchev–Trinajstić information content (AvgIpc) is 2.76. The van der Waals surface area contributed by atoms with Gasteiger partial charge in [-0.3, -0.25) is 0 Å². The molecule has 102 valence electrons. The molecule has 0 spiro atoms. The van der Waals surface area contributed by atoms with Gasteiger partial charge in [0.2, 0.25) is 0 Å². The summed E-state index contributed by atoms with van der Waals surface area (Å²) in [4.78, 5) is 0. The van der Waals surface area contributed by atoms with E-state index in [0.717, 1.165) is 11.8 Å². The highest BCUT2D eigenvalue weighted by Gasteiger charge is 2.13. The SMILES string of the molecule is C.CC.CC.CC(C)CCCC1CCCC1. The highest BCUT2D eigenvalue weighted by molar-refractivity contribution is 4.67. The summed E-state index contributed by atoms with van der Waals surface area (Å²) in [6.45, 7) is 12.7. The Labute approximate surface area is 106 Å². The Hall–Kier alpha value is 0. The van der Waals surface area contributed by atoms with Crippen LogP contribution in [0.15, 0.2) is 0 Å². The molecule has 1 aliphatic carbocycles. The van der Waals surface area contributed by atoms with E-state index < -0.39 is 0 Å². The fourth-order valence-electron chi connectivity index (χ4n) is 2.11. The molecule has 0 atom stereocenters. The third-order valence-electron chi connectivity index (χ3n) is 2.87. The van der Waals surface area contributed by atoms with Crippen LogP contribution in [0.2, 0.25) is 0 Å². The molecule has 0 aromatic rings. The van der Waals surface area contributed by atoms with Crippen LogP contribution in [-0.2, 0) is 0 Å². The zero-order chi connectivity index (χ0) is 12.1. The van der Waals surface area contributed by atoms with Crippen molar-refractivity contribution >= 4 is 0 Å². The van der Waals surface area contributed by atoms with Gasteiger partial charge < -0.3 is 0 Å². The zero-order valence-electron chi connectivity index (χ0n) is 12.1. The first-order chi connectivity index (χ1) is 7.29. The summed E-state index contributed by atoms with van der Waals surface area (Å²) < 4.78 is 0. The number of hydrogen-bond donors (Lipinski definition) is 0. The van der Waals surface area contributed by atoms with Crippen molar-refractivity contribution < 1.29 is 0 Å². The highest BCUT2D eigenvalue weighted by Crippen LogP contribution is 2.29. The molecule has 16 heavy (non-hydrogen) atoms. The maximum Gasteiger partial charge on any atom is -0.0414 e. The second kappa shape index (κ2) is 17.4. The molecule has 0 amide bonds. The molecule has 1 rings (SSSR count). The molecule has 1 fully saturated rings. The van der Waals surface area contributed by atoms with Gasteiger partial charge in [-0.05, 0) is 11.8 Å². The second-order valence-corrected chi connectivity index (χ2v) is 4.48. The van der Waals surface area contributed by atoms with Gasteiger partial charge in [-0.2, -0.15) is 0 Å². The normalized spacial score (nSPS) is 14.4. The first kappa shape index (κ1) is 21.3. The second-order valence-electron chi connectivity index (χ2n) is 4.48. The third-order valence-corrected chi connectivity index (χ3v) is 2.87.